The minimum absolute atomic E-state index is 0.0406. The molecule has 0 aliphatic rings. The Morgan fingerprint density at radius 2 is 1.75 bits per heavy atom. The normalized spacial score (nSPS) is 11.4. The molecule has 6 nitrogen and oxygen atoms in total. The van der Waals surface area contributed by atoms with Gasteiger partial charge in [-0.2, -0.15) is 0 Å². The zero-order valence-electron chi connectivity index (χ0n) is 17.6. The van der Waals surface area contributed by atoms with Crippen LogP contribution in [0.3, 0.4) is 0 Å². The van der Waals surface area contributed by atoms with Gasteiger partial charge in [-0.1, -0.05) is 41.9 Å². The van der Waals surface area contributed by atoms with Gasteiger partial charge in [-0.25, -0.2) is 4.39 Å². The first kappa shape index (κ1) is 23.1. The highest BCUT2D eigenvalue weighted by atomic mass is 35.5. The van der Waals surface area contributed by atoms with Crippen molar-refractivity contribution < 1.29 is 18.7 Å². The summed E-state index contributed by atoms with van der Waals surface area (Å²) in [7, 11) is 1.58. The molecule has 1 atom stereocenters. The van der Waals surface area contributed by atoms with Crippen LogP contribution >= 0.6 is 11.6 Å². The van der Waals surface area contributed by atoms with Crippen molar-refractivity contribution in [2.75, 3.05) is 24.3 Å². The number of ether oxygens (including phenoxy) is 1. The van der Waals surface area contributed by atoms with E-state index in [1.807, 2.05) is 31.2 Å². The number of benzene rings is 3. The molecular weight excluding hydrogens is 433 g/mol. The molecular formula is C24H23ClFN3O3. The van der Waals surface area contributed by atoms with E-state index >= 15 is 0 Å². The Bertz CT molecular complexity index is 1120. The topological polar surface area (TPSA) is 79.5 Å². The predicted molar refractivity (Wildman–Crippen MR) is 124 cm³/mol. The zero-order chi connectivity index (χ0) is 23.1. The Balaban J connectivity index is 1.64. The summed E-state index contributed by atoms with van der Waals surface area (Å²) in [5.41, 5.74) is 1.94. The lowest BCUT2D eigenvalue weighted by molar-refractivity contribution is -0.120. The Kier molecular flexibility index (Phi) is 7.68. The molecule has 3 rings (SSSR count). The third-order valence-electron chi connectivity index (χ3n) is 4.77. The summed E-state index contributed by atoms with van der Waals surface area (Å²) in [6.45, 7) is 1.82. The van der Waals surface area contributed by atoms with Crippen molar-refractivity contribution in [3.63, 3.8) is 0 Å². The average molecular weight is 456 g/mol. The Morgan fingerprint density at radius 1 is 1.03 bits per heavy atom. The van der Waals surface area contributed by atoms with Gasteiger partial charge in [0.25, 0.3) is 5.91 Å². The highest BCUT2D eigenvalue weighted by molar-refractivity contribution is 6.34. The number of methoxy groups -OCH3 is 1. The first-order valence-electron chi connectivity index (χ1n) is 9.90. The summed E-state index contributed by atoms with van der Waals surface area (Å²) >= 11 is 5.99. The van der Waals surface area contributed by atoms with Gasteiger partial charge in [0, 0.05) is 11.3 Å². The van der Waals surface area contributed by atoms with E-state index in [1.54, 1.807) is 31.4 Å². The largest absolute Gasteiger partial charge is 0.496 e. The molecule has 0 saturated heterocycles. The third kappa shape index (κ3) is 5.76. The predicted octanol–water partition coefficient (Wildman–Crippen LogP) is 5.03. The maximum atomic E-state index is 13.2. The smallest absolute Gasteiger partial charge is 0.257 e. The van der Waals surface area contributed by atoms with E-state index in [0.717, 1.165) is 11.6 Å². The highest BCUT2D eigenvalue weighted by Gasteiger charge is 2.16. The van der Waals surface area contributed by atoms with E-state index in [4.69, 9.17) is 16.3 Å². The maximum absolute atomic E-state index is 13.2. The lowest BCUT2D eigenvalue weighted by atomic mass is 10.1. The van der Waals surface area contributed by atoms with Crippen molar-refractivity contribution in [1.29, 1.82) is 0 Å². The van der Waals surface area contributed by atoms with E-state index in [0.29, 0.717) is 17.0 Å². The molecule has 0 radical (unpaired) electrons. The molecule has 0 aliphatic carbocycles. The van der Waals surface area contributed by atoms with Crippen LogP contribution in [0.2, 0.25) is 5.02 Å². The molecule has 0 heterocycles. The van der Waals surface area contributed by atoms with Crippen molar-refractivity contribution in [3.05, 3.63) is 88.7 Å². The molecule has 8 heteroatoms. The van der Waals surface area contributed by atoms with Gasteiger partial charge in [-0.15, -0.1) is 0 Å². The molecule has 0 fully saturated rings. The summed E-state index contributed by atoms with van der Waals surface area (Å²) in [5, 5.41) is 8.65. The molecule has 0 aliphatic heterocycles. The van der Waals surface area contributed by atoms with Crippen LogP contribution in [0.1, 0.15) is 28.9 Å². The van der Waals surface area contributed by atoms with E-state index in [1.165, 1.54) is 12.1 Å². The zero-order valence-corrected chi connectivity index (χ0v) is 18.4. The number of hydrogen-bond acceptors (Lipinski definition) is 4. The SMILES string of the molecule is COc1ccccc1C(C)NC(=O)CNc1ccccc1C(=O)Nc1ccc(F)cc1Cl. The molecule has 166 valence electrons. The van der Waals surface area contributed by atoms with Crippen molar-refractivity contribution >= 4 is 34.8 Å². The third-order valence-corrected chi connectivity index (χ3v) is 5.09. The number of rotatable bonds is 8. The number of para-hydroxylation sites is 2. The van der Waals surface area contributed by atoms with Crippen LogP contribution in [-0.4, -0.2) is 25.5 Å². The number of nitrogens with one attached hydrogen (secondary N) is 3. The first-order chi connectivity index (χ1) is 15.4. The molecule has 3 N–H and O–H groups in total. The Hall–Kier alpha value is -3.58. The summed E-state index contributed by atoms with van der Waals surface area (Å²) in [4.78, 5) is 25.2. The molecule has 0 bridgehead atoms. The Morgan fingerprint density at radius 3 is 2.50 bits per heavy atom. The number of amides is 2. The number of anilines is 2. The second-order valence-electron chi connectivity index (χ2n) is 7.01. The number of halogens is 2. The van der Waals surface area contributed by atoms with Crippen LogP contribution in [0.5, 0.6) is 5.75 Å². The molecule has 2 amide bonds. The van der Waals surface area contributed by atoms with Gasteiger partial charge < -0.3 is 20.7 Å². The lowest BCUT2D eigenvalue weighted by Crippen LogP contribution is -2.32. The van der Waals surface area contributed by atoms with Gasteiger partial charge >= 0.3 is 0 Å². The van der Waals surface area contributed by atoms with E-state index in [2.05, 4.69) is 16.0 Å². The minimum Gasteiger partial charge on any atom is -0.496 e. The highest BCUT2D eigenvalue weighted by Crippen LogP contribution is 2.25. The summed E-state index contributed by atoms with van der Waals surface area (Å²) in [6, 6.07) is 17.7. The van der Waals surface area contributed by atoms with E-state index in [-0.39, 0.29) is 29.2 Å². The van der Waals surface area contributed by atoms with Crippen LogP contribution in [0.15, 0.2) is 66.7 Å². The van der Waals surface area contributed by atoms with Crippen molar-refractivity contribution in [2.45, 2.75) is 13.0 Å². The average Bonchev–Trinajstić information content (AvgIpc) is 2.79. The maximum Gasteiger partial charge on any atom is 0.257 e. The summed E-state index contributed by atoms with van der Waals surface area (Å²) in [6.07, 6.45) is 0. The van der Waals surface area contributed by atoms with Gasteiger partial charge in [0.1, 0.15) is 11.6 Å². The number of hydrogen-bond donors (Lipinski definition) is 3. The second-order valence-corrected chi connectivity index (χ2v) is 7.42. The Labute approximate surface area is 190 Å². The van der Waals surface area contributed by atoms with E-state index < -0.39 is 11.7 Å². The van der Waals surface area contributed by atoms with Gasteiger partial charge in [-0.05, 0) is 43.3 Å². The lowest BCUT2D eigenvalue weighted by Gasteiger charge is -2.18. The fourth-order valence-corrected chi connectivity index (χ4v) is 3.40. The van der Waals surface area contributed by atoms with Gasteiger partial charge in [0.15, 0.2) is 0 Å². The second kappa shape index (κ2) is 10.6. The quantitative estimate of drug-likeness (QED) is 0.445. The van der Waals surface area contributed by atoms with Crippen molar-refractivity contribution in [3.8, 4) is 5.75 Å². The molecule has 1 unspecified atom stereocenters. The minimum atomic E-state index is -0.497. The van der Waals surface area contributed by atoms with E-state index in [9.17, 15) is 14.0 Å². The van der Waals surface area contributed by atoms with Crippen molar-refractivity contribution in [1.82, 2.24) is 5.32 Å². The fraction of sp³-hybridized carbons (Fsp3) is 0.167. The number of carbonyl (C=O) groups excluding carboxylic acids is 2. The molecule has 0 spiro atoms. The van der Waals surface area contributed by atoms with Gasteiger partial charge in [0.2, 0.25) is 5.91 Å². The molecule has 32 heavy (non-hydrogen) atoms. The van der Waals surface area contributed by atoms with Gasteiger partial charge in [-0.3, -0.25) is 9.59 Å². The first-order valence-corrected chi connectivity index (χ1v) is 10.3. The van der Waals surface area contributed by atoms with Crippen LogP contribution in [-0.2, 0) is 4.79 Å². The monoisotopic (exact) mass is 455 g/mol. The summed E-state index contributed by atoms with van der Waals surface area (Å²) in [5.74, 6) is -0.497. The van der Waals surface area contributed by atoms with Crippen LogP contribution < -0.4 is 20.7 Å². The van der Waals surface area contributed by atoms with Crippen LogP contribution in [0.4, 0.5) is 15.8 Å². The van der Waals surface area contributed by atoms with Crippen molar-refractivity contribution in [2.24, 2.45) is 0 Å². The fourth-order valence-electron chi connectivity index (χ4n) is 3.19. The molecule has 0 saturated carbocycles. The standard InChI is InChI=1S/C24H23ClFN3O3/c1-15(17-7-4-6-10-22(17)32-2)28-23(30)14-27-20-9-5-3-8-18(20)24(31)29-21-12-11-16(26)13-19(21)25/h3-13,15,27H,14H2,1-2H3,(H,28,30)(H,29,31). The van der Waals surface area contributed by atoms with Crippen LogP contribution in [0.25, 0.3) is 0 Å². The van der Waals surface area contributed by atoms with Gasteiger partial charge in [0.05, 0.1) is 36.0 Å². The van der Waals surface area contributed by atoms with Crippen LogP contribution in [0, 0.1) is 5.82 Å². The summed E-state index contributed by atoms with van der Waals surface area (Å²) < 4.78 is 18.6. The molecule has 3 aromatic rings. The molecule has 3 aromatic carbocycles. The molecule has 0 aromatic heterocycles. The number of carbonyl (C=O) groups is 2.